The number of hydrogen-bond donors (Lipinski definition) is 1. The van der Waals surface area contributed by atoms with Crippen molar-refractivity contribution in [3.63, 3.8) is 0 Å². The summed E-state index contributed by atoms with van der Waals surface area (Å²) in [5.74, 6) is -2.09. The predicted molar refractivity (Wildman–Crippen MR) is 75.0 cm³/mol. The highest BCUT2D eigenvalue weighted by atomic mass is 19.3. The van der Waals surface area contributed by atoms with Crippen molar-refractivity contribution in [1.29, 1.82) is 0 Å². The maximum Gasteiger partial charge on any atom is 0.387 e. The van der Waals surface area contributed by atoms with Crippen molar-refractivity contribution >= 4 is 11.9 Å². The van der Waals surface area contributed by atoms with Gasteiger partial charge in [0.05, 0.1) is 11.5 Å². The summed E-state index contributed by atoms with van der Waals surface area (Å²) in [7, 11) is 0. The second kappa shape index (κ2) is 7.35. The van der Waals surface area contributed by atoms with Crippen molar-refractivity contribution < 1.29 is 28.2 Å². The van der Waals surface area contributed by atoms with E-state index in [0.717, 1.165) is 0 Å². The van der Waals surface area contributed by atoms with Crippen molar-refractivity contribution in [1.82, 2.24) is 5.32 Å². The Labute approximate surface area is 130 Å². The largest absolute Gasteiger partial charge is 0.545 e. The maximum absolute atomic E-state index is 12.3. The second-order valence-corrected chi connectivity index (χ2v) is 4.54. The van der Waals surface area contributed by atoms with Crippen LogP contribution in [0.15, 0.2) is 48.5 Å². The Morgan fingerprint density at radius 2 is 1.74 bits per heavy atom. The first-order valence-corrected chi connectivity index (χ1v) is 6.59. The number of benzene rings is 2. The predicted octanol–water partition coefficient (Wildman–Crippen LogP) is 1.58. The molecule has 0 unspecified atom stereocenters. The lowest BCUT2D eigenvalue weighted by Gasteiger charge is -2.11. The Hall–Kier alpha value is -2.96. The van der Waals surface area contributed by atoms with Crippen LogP contribution in [0.25, 0.3) is 0 Å². The van der Waals surface area contributed by atoms with Crippen molar-refractivity contribution in [2.75, 3.05) is 0 Å². The van der Waals surface area contributed by atoms with Crippen molar-refractivity contribution in [2.45, 2.75) is 13.2 Å². The van der Waals surface area contributed by atoms with Gasteiger partial charge >= 0.3 is 6.61 Å². The van der Waals surface area contributed by atoms with Crippen LogP contribution < -0.4 is 15.2 Å². The van der Waals surface area contributed by atoms with Crippen LogP contribution >= 0.6 is 0 Å². The van der Waals surface area contributed by atoms with Crippen molar-refractivity contribution in [2.24, 2.45) is 0 Å². The normalized spacial score (nSPS) is 10.4. The van der Waals surface area contributed by atoms with Crippen LogP contribution in [0.4, 0.5) is 8.78 Å². The van der Waals surface area contributed by atoms with Crippen LogP contribution in [0.5, 0.6) is 5.75 Å². The minimum Gasteiger partial charge on any atom is -0.545 e. The highest BCUT2D eigenvalue weighted by molar-refractivity contribution is 5.96. The topological polar surface area (TPSA) is 78.5 Å². The zero-order valence-electron chi connectivity index (χ0n) is 11.8. The summed E-state index contributed by atoms with van der Waals surface area (Å²) in [6.07, 6.45) is 0. The number of carboxylic acid groups (broad SMARTS) is 1. The van der Waals surface area contributed by atoms with Crippen LogP contribution in [-0.2, 0) is 6.54 Å². The molecule has 23 heavy (non-hydrogen) atoms. The molecule has 0 aliphatic carbocycles. The van der Waals surface area contributed by atoms with Crippen molar-refractivity contribution in [3.8, 4) is 5.75 Å². The van der Waals surface area contributed by atoms with Gasteiger partial charge < -0.3 is 20.0 Å². The van der Waals surface area contributed by atoms with Crippen molar-refractivity contribution in [3.05, 3.63) is 65.2 Å². The Morgan fingerprint density at radius 1 is 1.09 bits per heavy atom. The van der Waals surface area contributed by atoms with Gasteiger partial charge in [0.15, 0.2) is 0 Å². The summed E-state index contributed by atoms with van der Waals surface area (Å²) in [5, 5.41) is 13.2. The number of aromatic carboxylic acids is 1. The Kier molecular flexibility index (Phi) is 5.24. The number of ether oxygens (including phenoxy) is 1. The molecule has 1 N–H and O–H groups in total. The molecule has 0 atom stereocenters. The molecule has 0 fully saturated rings. The minimum absolute atomic E-state index is 0.0147. The molecule has 0 saturated heterocycles. The lowest BCUT2D eigenvalue weighted by molar-refractivity contribution is -0.255. The first kappa shape index (κ1) is 16.4. The third-order valence-electron chi connectivity index (χ3n) is 2.99. The number of halogens is 2. The third-order valence-corrected chi connectivity index (χ3v) is 2.99. The number of amides is 1. The molecule has 120 valence electrons. The summed E-state index contributed by atoms with van der Waals surface area (Å²) < 4.78 is 28.9. The number of carboxylic acids is 1. The molecule has 1 amide bonds. The van der Waals surface area contributed by atoms with Gasteiger partial charge in [-0.05, 0) is 23.3 Å². The van der Waals surface area contributed by atoms with Crippen LogP contribution in [0.3, 0.4) is 0 Å². The molecule has 0 aliphatic heterocycles. The molecule has 2 rings (SSSR count). The number of alkyl halides is 2. The van der Waals surface area contributed by atoms with Gasteiger partial charge in [-0.1, -0.05) is 36.4 Å². The van der Waals surface area contributed by atoms with Gasteiger partial charge in [0.25, 0.3) is 5.91 Å². The van der Waals surface area contributed by atoms with Gasteiger partial charge in [-0.3, -0.25) is 4.79 Å². The van der Waals surface area contributed by atoms with Gasteiger partial charge in [-0.2, -0.15) is 8.78 Å². The Morgan fingerprint density at radius 3 is 2.35 bits per heavy atom. The second-order valence-electron chi connectivity index (χ2n) is 4.54. The van der Waals surface area contributed by atoms with Gasteiger partial charge in [-0.25, -0.2) is 0 Å². The average Bonchev–Trinajstić information content (AvgIpc) is 2.53. The van der Waals surface area contributed by atoms with E-state index in [4.69, 9.17) is 0 Å². The van der Waals surface area contributed by atoms with Crippen LogP contribution in [0.2, 0.25) is 0 Å². The summed E-state index contributed by atoms with van der Waals surface area (Å²) in [4.78, 5) is 22.7. The molecule has 0 heterocycles. The summed E-state index contributed by atoms with van der Waals surface area (Å²) in [5.41, 5.74) is 0.658. The highest BCUT2D eigenvalue weighted by Gasteiger charge is 2.14. The van der Waals surface area contributed by atoms with Gasteiger partial charge in [0, 0.05) is 6.54 Å². The molecule has 0 bridgehead atoms. The number of rotatable bonds is 6. The highest BCUT2D eigenvalue weighted by Crippen LogP contribution is 2.20. The van der Waals surface area contributed by atoms with Gasteiger partial charge in [0.2, 0.25) is 0 Å². The molecule has 0 radical (unpaired) electrons. The molecule has 5 nitrogen and oxygen atoms in total. The molecule has 0 spiro atoms. The number of carbonyl (C=O) groups is 2. The number of carbonyl (C=O) groups excluding carboxylic acids is 2. The van der Waals surface area contributed by atoms with E-state index in [1.807, 2.05) is 0 Å². The summed E-state index contributed by atoms with van der Waals surface area (Å²) in [6.45, 7) is -2.92. The van der Waals surface area contributed by atoms with E-state index in [9.17, 15) is 23.5 Å². The molecule has 2 aromatic carbocycles. The fourth-order valence-corrected chi connectivity index (χ4v) is 1.89. The Balaban J connectivity index is 2.03. The van der Waals surface area contributed by atoms with E-state index in [-0.39, 0.29) is 23.4 Å². The maximum atomic E-state index is 12.3. The van der Waals surface area contributed by atoms with E-state index < -0.39 is 18.5 Å². The standard InChI is InChI=1S/C16H13F2NO4/c17-16(18)23-13-4-2-1-3-12(13)14(20)19-9-10-5-7-11(8-6-10)15(21)22/h1-8,16H,9H2,(H,19,20)(H,21,22)/p-1. The molecule has 0 aliphatic rings. The van der Waals surface area contributed by atoms with E-state index in [1.54, 1.807) is 0 Å². The first-order chi connectivity index (χ1) is 11.0. The van der Waals surface area contributed by atoms with E-state index in [1.165, 1.54) is 48.5 Å². The van der Waals surface area contributed by atoms with Gasteiger partial charge in [-0.15, -0.1) is 0 Å². The molecular weight excluding hydrogens is 308 g/mol. The molecule has 7 heteroatoms. The smallest absolute Gasteiger partial charge is 0.387 e. The monoisotopic (exact) mass is 320 g/mol. The number of hydrogen-bond acceptors (Lipinski definition) is 4. The number of para-hydroxylation sites is 1. The minimum atomic E-state index is -3.03. The first-order valence-electron chi connectivity index (χ1n) is 6.59. The summed E-state index contributed by atoms with van der Waals surface area (Å²) in [6, 6.07) is 11.4. The van der Waals surface area contributed by atoms with Crippen LogP contribution in [0, 0.1) is 0 Å². The zero-order chi connectivity index (χ0) is 16.8. The number of nitrogens with one attached hydrogen (secondary N) is 1. The fraction of sp³-hybridized carbons (Fsp3) is 0.125. The average molecular weight is 320 g/mol. The van der Waals surface area contributed by atoms with E-state index >= 15 is 0 Å². The van der Waals surface area contributed by atoms with E-state index in [0.29, 0.717) is 5.56 Å². The quantitative estimate of drug-likeness (QED) is 0.876. The SMILES string of the molecule is O=C([O-])c1ccc(CNC(=O)c2ccccc2OC(F)F)cc1. The summed E-state index contributed by atoms with van der Waals surface area (Å²) >= 11 is 0. The fourth-order valence-electron chi connectivity index (χ4n) is 1.89. The lowest BCUT2D eigenvalue weighted by atomic mass is 10.1. The molecule has 2 aromatic rings. The Bertz CT molecular complexity index is 701. The van der Waals surface area contributed by atoms with Crippen LogP contribution in [0.1, 0.15) is 26.3 Å². The third kappa shape index (κ3) is 4.50. The van der Waals surface area contributed by atoms with Crippen LogP contribution in [-0.4, -0.2) is 18.5 Å². The molecule has 0 saturated carbocycles. The zero-order valence-corrected chi connectivity index (χ0v) is 11.8. The van der Waals surface area contributed by atoms with E-state index in [2.05, 4.69) is 10.1 Å². The molecule has 0 aromatic heterocycles. The molecular formula is C16H12F2NO4-. The lowest BCUT2D eigenvalue weighted by Crippen LogP contribution is -2.24. The van der Waals surface area contributed by atoms with Gasteiger partial charge in [0.1, 0.15) is 5.75 Å².